The molecule has 45 heavy (non-hydrogen) atoms. The van der Waals surface area contributed by atoms with E-state index in [1.165, 1.54) is 63.6 Å². The summed E-state index contributed by atoms with van der Waals surface area (Å²) in [5.41, 5.74) is 6.37. The Kier molecular flexibility index (Phi) is 12.2. The quantitative estimate of drug-likeness (QED) is 0.142. The van der Waals surface area contributed by atoms with E-state index in [1.54, 1.807) is 7.05 Å². The number of aliphatic carboxylic acids is 1. The van der Waals surface area contributed by atoms with Crippen LogP contribution in [0.4, 0.5) is 16.2 Å². The first-order valence-corrected chi connectivity index (χ1v) is 16.8. The number of para-hydroxylation sites is 1. The second kappa shape index (κ2) is 16.2. The summed E-state index contributed by atoms with van der Waals surface area (Å²) in [6.45, 7) is 9.49. The van der Waals surface area contributed by atoms with Crippen molar-refractivity contribution in [3.63, 3.8) is 0 Å². The SMILES string of the molecule is CCCC(CCC)c1ccc(N(Cc2ccc(-c3csc(CN(CC(=O)O)C(=O)N(C)c4ccccc4)n3)cc2)C(C)C)cc1. The molecule has 1 aromatic heterocycles. The molecule has 0 saturated heterocycles. The third-order valence-corrected chi connectivity index (χ3v) is 8.93. The number of carboxylic acids is 1. The van der Waals surface area contributed by atoms with Crippen LogP contribution in [0.3, 0.4) is 0 Å². The number of amides is 2. The molecule has 7 nitrogen and oxygen atoms in total. The van der Waals surface area contributed by atoms with Gasteiger partial charge in [-0.3, -0.25) is 9.69 Å². The van der Waals surface area contributed by atoms with E-state index in [2.05, 4.69) is 81.1 Å². The predicted molar refractivity (Wildman–Crippen MR) is 186 cm³/mol. The van der Waals surface area contributed by atoms with Crippen LogP contribution >= 0.6 is 11.3 Å². The van der Waals surface area contributed by atoms with E-state index >= 15 is 0 Å². The zero-order chi connectivity index (χ0) is 32.3. The van der Waals surface area contributed by atoms with Gasteiger partial charge in [0, 0.05) is 42.0 Å². The van der Waals surface area contributed by atoms with Gasteiger partial charge in [-0.25, -0.2) is 9.78 Å². The third-order valence-electron chi connectivity index (χ3n) is 8.10. The highest BCUT2D eigenvalue weighted by Crippen LogP contribution is 2.30. The predicted octanol–water partition coefficient (Wildman–Crippen LogP) is 9.05. The van der Waals surface area contributed by atoms with E-state index < -0.39 is 18.5 Å². The van der Waals surface area contributed by atoms with E-state index in [1.807, 2.05) is 35.7 Å². The van der Waals surface area contributed by atoms with Crippen molar-refractivity contribution in [1.82, 2.24) is 9.88 Å². The van der Waals surface area contributed by atoms with E-state index in [9.17, 15) is 14.7 Å². The van der Waals surface area contributed by atoms with Crippen molar-refractivity contribution in [3.05, 3.63) is 100 Å². The zero-order valence-corrected chi connectivity index (χ0v) is 28.0. The molecule has 3 aromatic carbocycles. The summed E-state index contributed by atoms with van der Waals surface area (Å²) in [7, 11) is 1.65. The van der Waals surface area contributed by atoms with Gasteiger partial charge in [-0.2, -0.15) is 0 Å². The lowest BCUT2D eigenvalue weighted by atomic mass is 9.90. The Hall–Kier alpha value is -4.17. The fourth-order valence-electron chi connectivity index (χ4n) is 5.67. The van der Waals surface area contributed by atoms with Crippen LogP contribution in [-0.4, -0.2) is 46.6 Å². The molecule has 0 radical (unpaired) electrons. The van der Waals surface area contributed by atoms with Crippen LogP contribution in [0.25, 0.3) is 11.3 Å². The molecule has 238 valence electrons. The molecule has 0 spiro atoms. The van der Waals surface area contributed by atoms with Crippen LogP contribution in [0.2, 0.25) is 0 Å². The van der Waals surface area contributed by atoms with Crippen molar-refractivity contribution in [2.75, 3.05) is 23.4 Å². The van der Waals surface area contributed by atoms with Gasteiger partial charge in [-0.15, -0.1) is 11.3 Å². The molecule has 1 heterocycles. The lowest BCUT2D eigenvalue weighted by Gasteiger charge is -2.30. The number of hydrogen-bond acceptors (Lipinski definition) is 5. The number of aromatic nitrogens is 1. The summed E-state index contributed by atoms with van der Waals surface area (Å²) in [6.07, 6.45) is 4.88. The summed E-state index contributed by atoms with van der Waals surface area (Å²) in [5.74, 6) is -0.433. The van der Waals surface area contributed by atoms with Gasteiger partial charge in [-0.05, 0) is 68.0 Å². The van der Waals surface area contributed by atoms with Crippen molar-refractivity contribution >= 4 is 34.7 Å². The Morgan fingerprint density at radius 1 is 0.844 bits per heavy atom. The Labute approximate surface area is 272 Å². The standard InChI is InChI=1S/C37H46N4O3S/c1-6-11-29(12-7-2)30-19-21-33(22-20-30)41(27(3)4)23-28-15-17-31(18-16-28)34-26-45-35(38-34)24-40(25-36(42)43)37(44)39(5)32-13-9-8-10-14-32/h8-10,13-22,26-27,29H,6-7,11-12,23-25H2,1-5H3,(H,42,43). The van der Waals surface area contributed by atoms with Gasteiger partial charge in [0.2, 0.25) is 0 Å². The summed E-state index contributed by atoms with van der Waals surface area (Å²) in [6, 6.07) is 26.8. The van der Waals surface area contributed by atoms with Crippen molar-refractivity contribution in [2.45, 2.75) is 78.4 Å². The molecule has 0 unspecified atom stereocenters. The van der Waals surface area contributed by atoms with Gasteiger partial charge in [-0.1, -0.05) is 81.3 Å². The number of urea groups is 1. The van der Waals surface area contributed by atoms with Crippen LogP contribution in [0.15, 0.2) is 84.2 Å². The average molecular weight is 627 g/mol. The average Bonchev–Trinajstić information content (AvgIpc) is 3.51. The Morgan fingerprint density at radius 3 is 2.07 bits per heavy atom. The minimum atomic E-state index is -1.07. The summed E-state index contributed by atoms with van der Waals surface area (Å²) < 4.78 is 0. The number of benzene rings is 3. The lowest BCUT2D eigenvalue weighted by Crippen LogP contribution is -2.43. The fraction of sp³-hybridized carbons (Fsp3) is 0.378. The maximum absolute atomic E-state index is 13.2. The number of thiazole rings is 1. The van der Waals surface area contributed by atoms with E-state index in [0.29, 0.717) is 22.7 Å². The van der Waals surface area contributed by atoms with Crippen LogP contribution in [0.1, 0.15) is 75.4 Å². The second-order valence-electron chi connectivity index (χ2n) is 11.8. The maximum Gasteiger partial charge on any atom is 0.325 e. The molecule has 8 heteroatoms. The van der Waals surface area contributed by atoms with E-state index in [4.69, 9.17) is 4.98 Å². The molecule has 0 bridgehead atoms. The fourth-order valence-corrected chi connectivity index (χ4v) is 6.49. The topological polar surface area (TPSA) is 77.0 Å². The molecule has 0 fully saturated rings. The van der Waals surface area contributed by atoms with Crippen LogP contribution in [-0.2, 0) is 17.9 Å². The Morgan fingerprint density at radius 2 is 1.49 bits per heavy atom. The highest BCUT2D eigenvalue weighted by Gasteiger charge is 2.23. The molecule has 0 aliphatic heterocycles. The summed E-state index contributed by atoms with van der Waals surface area (Å²) in [5, 5.41) is 12.1. The largest absolute Gasteiger partial charge is 0.480 e. The molecular weight excluding hydrogens is 580 g/mol. The molecule has 0 aliphatic carbocycles. The number of carbonyl (C=O) groups is 2. The molecule has 1 N–H and O–H groups in total. The van der Waals surface area contributed by atoms with Gasteiger partial charge in [0.1, 0.15) is 11.6 Å². The van der Waals surface area contributed by atoms with Crippen molar-refractivity contribution in [3.8, 4) is 11.3 Å². The van der Waals surface area contributed by atoms with Gasteiger partial charge in [0.05, 0.1) is 12.2 Å². The van der Waals surface area contributed by atoms with Crippen LogP contribution in [0.5, 0.6) is 0 Å². The van der Waals surface area contributed by atoms with Gasteiger partial charge in [0.15, 0.2) is 0 Å². The number of anilines is 2. The summed E-state index contributed by atoms with van der Waals surface area (Å²) in [4.78, 5) is 34.7. The first kappa shape index (κ1) is 33.7. The molecule has 4 rings (SSSR count). The Balaban J connectivity index is 1.44. The first-order chi connectivity index (χ1) is 21.7. The number of carboxylic acid groups (broad SMARTS) is 1. The summed E-state index contributed by atoms with van der Waals surface area (Å²) >= 11 is 1.43. The van der Waals surface area contributed by atoms with E-state index in [-0.39, 0.29) is 6.54 Å². The number of hydrogen-bond donors (Lipinski definition) is 1. The second-order valence-corrected chi connectivity index (χ2v) is 12.8. The number of rotatable bonds is 15. The monoisotopic (exact) mass is 626 g/mol. The normalized spacial score (nSPS) is 11.2. The highest BCUT2D eigenvalue weighted by molar-refractivity contribution is 7.09. The molecule has 4 aromatic rings. The smallest absolute Gasteiger partial charge is 0.325 e. The van der Waals surface area contributed by atoms with Gasteiger partial charge < -0.3 is 14.9 Å². The van der Waals surface area contributed by atoms with E-state index in [0.717, 1.165) is 17.8 Å². The molecular formula is C37H46N4O3S. The molecule has 0 atom stereocenters. The number of carbonyl (C=O) groups excluding carboxylic acids is 1. The maximum atomic E-state index is 13.2. The minimum Gasteiger partial charge on any atom is -0.480 e. The minimum absolute atomic E-state index is 0.116. The van der Waals surface area contributed by atoms with Gasteiger partial charge >= 0.3 is 12.0 Å². The molecule has 0 saturated carbocycles. The van der Waals surface area contributed by atoms with Crippen molar-refractivity contribution in [1.29, 1.82) is 0 Å². The molecule has 0 aliphatic rings. The highest BCUT2D eigenvalue weighted by atomic mass is 32.1. The van der Waals surface area contributed by atoms with Gasteiger partial charge in [0.25, 0.3) is 0 Å². The third kappa shape index (κ3) is 9.17. The van der Waals surface area contributed by atoms with Crippen LogP contribution < -0.4 is 9.80 Å². The van der Waals surface area contributed by atoms with Crippen molar-refractivity contribution in [2.24, 2.45) is 0 Å². The van der Waals surface area contributed by atoms with Crippen molar-refractivity contribution < 1.29 is 14.7 Å². The lowest BCUT2D eigenvalue weighted by molar-refractivity contribution is -0.137. The zero-order valence-electron chi connectivity index (χ0n) is 27.1. The first-order valence-electron chi connectivity index (χ1n) is 15.9. The van der Waals surface area contributed by atoms with Crippen LogP contribution in [0, 0.1) is 0 Å². The molecule has 2 amide bonds. The number of nitrogens with zero attached hydrogens (tertiary/aromatic N) is 4. The Bertz CT molecular complexity index is 1500.